The fourth-order valence-corrected chi connectivity index (χ4v) is 4.38. The standard InChI is InChI=1S/C20H22N4O2S/c1-14-18(27-20(23-14)15-7-2-3-9-21-15)19(25)22-13-16(17-8-6-12-26-17)24-10-4-5-11-24/h2-3,6-9,12,16H,4-5,10-11,13H2,1H3,(H,22,25)/t16-/m0/s1. The van der Waals surface area contributed by atoms with Gasteiger partial charge in [-0.1, -0.05) is 6.07 Å². The lowest BCUT2D eigenvalue weighted by Crippen LogP contribution is -2.36. The molecule has 1 saturated heterocycles. The third-order valence-electron chi connectivity index (χ3n) is 4.80. The molecule has 3 aromatic heterocycles. The van der Waals surface area contributed by atoms with Gasteiger partial charge < -0.3 is 9.73 Å². The third kappa shape index (κ3) is 3.94. The zero-order valence-corrected chi connectivity index (χ0v) is 16.0. The van der Waals surface area contributed by atoms with Crippen molar-refractivity contribution in [2.24, 2.45) is 0 Å². The van der Waals surface area contributed by atoms with Gasteiger partial charge in [-0.05, 0) is 57.1 Å². The van der Waals surface area contributed by atoms with Crippen molar-refractivity contribution in [3.63, 3.8) is 0 Å². The summed E-state index contributed by atoms with van der Waals surface area (Å²) in [6.07, 6.45) is 5.79. The SMILES string of the molecule is Cc1nc(-c2ccccn2)sc1C(=O)NC[C@@H](c1ccco1)N1CCCC1. The second-order valence-corrected chi connectivity index (χ2v) is 7.63. The summed E-state index contributed by atoms with van der Waals surface area (Å²) in [5.74, 6) is 0.801. The summed E-state index contributed by atoms with van der Waals surface area (Å²) in [7, 11) is 0. The van der Waals surface area contributed by atoms with Crippen molar-refractivity contribution in [2.45, 2.75) is 25.8 Å². The van der Waals surface area contributed by atoms with Crippen molar-refractivity contribution in [1.82, 2.24) is 20.2 Å². The van der Waals surface area contributed by atoms with Crippen LogP contribution in [0.1, 0.15) is 40.0 Å². The summed E-state index contributed by atoms with van der Waals surface area (Å²) in [6, 6.07) is 9.63. The van der Waals surface area contributed by atoms with E-state index < -0.39 is 0 Å². The molecular formula is C20H22N4O2S. The van der Waals surface area contributed by atoms with Crippen LogP contribution < -0.4 is 5.32 Å². The van der Waals surface area contributed by atoms with Crippen LogP contribution in [0.5, 0.6) is 0 Å². The van der Waals surface area contributed by atoms with Gasteiger partial charge in [0.15, 0.2) is 0 Å². The molecule has 4 rings (SSSR count). The summed E-state index contributed by atoms with van der Waals surface area (Å²) in [5.41, 5.74) is 1.52. The van der Waals surface area contributed by atoms with Gasteiger partial charge in [-0.3, -0.25) is 14.7 Å². The van der Waals surface area contributed by atoms with E-state index in [-0.39, 0.29) is 11.9 Å². The lowest BCUT2D eigenvalue weighted by Gasteiger charge is -2.25. The van der Waals surface area contributed by atoms with Crippen LogP contribution in [-0.2, 0) is 0 Å². The first-order chi connectivity index (χ1) is 13.2. The molecule has 0 unspecified atom stereocenters. The minimum absolute atomic E-state index is 0.0648. The van der Waals surface area contributed by atoms with Gasteiger partial charge in [-0.2, -0.15) is 0 Å². The number of aromatic nitrogens is 2. The van der Waals surface area contributed by atoms with Gasteiger partial charge in [0.05, 0.1) is 23.7 Å². The first kappa shape index (κ1) is 17.9. The summed E-state index contributed by atoms with van der Waals surface area (Å²) in [4.78, 5) is 24.6. The van der Waals surface area contributed by atoms with Crippen molar-refractivity contribution in [3.8, 4) is 10.7 Å². The smallest absolute Gasteiger partial charge is 0.263 e. The van der Waals surface area contributed by atoms with E-state index in [0.29, 0.717) is 11.4 Å². The van der Waals surface area contributed by atoms with E-state index in [1.54, 1.807) is 12.5 Å². The molecule has 1 atom stereocenters. The quantitative estimate of drug-likeness (QED) is 0.704. The molecule has 1 aliphatic rings. The highest BCUT2D eigenvalue weighted by Gasteiger charge is 2.26. The lowest BCUT2D eigenvalue weighted by molar-refractivity contribution is 0.0937. The second-order valence-electron chi connectivity index (χ2n) is 6.63. The van der Waals surface area contributed by atoms with Crippen LogP contribution >= 0.6 is 11.3 Å². The molecule has 0 aromatic carbocycles. The van der Waals surface area contributed by atoms with Crippen LogP contribution in [-0.4, -0.2) is 40.4 Å². The normalized spacial score (nSPS) is 15.7. The van der Waals surface area contributed by atoms with Crippen LogP contribution in [0.15, 0.2) is 47.2 Å². The molecule has 6 nitrogen and oxygen atoms in total. The summed E-state index contributed by atoms with van der Waals surface area (Å²) in [5, 5.41) is 3.84. The molecule has 27 heavy (non-hydrogen) atoms. The highest BCUT2D eigenvalue weighted by atomic mass is 32.1. The number of hydrogen-bond acceptors (Lipinski definition) is 6. The highest BCUT2D eigenvalue weighted by Crippen LogP contribution is 2.28. The van der Waals surface area contributed by atoms with E-state index in [1.165, 1.54) is 24.2 Å². The number of furan rings is 1. The third-order valence-corrected chi connectivity index (χ3v) is 5.97. The minimum Gasteiger partial charge on any atom is -0.468 e. The van der Waals surface area contributed by atoms with Crippen LogP contribution in [0, 0.1) is 6.92 Å². The largest absolute Gasteiger partial charge is 0.468 e. The zero-order chi connectivity index (χ0) is 18.6. The summed E-state index contributed by atoms with van der Waals surface area (Å²) < 4.78 is 5.62. The number of pyridine rings is 1. The number of amides is 1. The maximum Gasteiger partial charge on any atom is 0.263 e. The lowest BCUT2D eigenvalue weighted by atomic mass is 10.2. The molecular weight excluding hydrogens is 360 g/mol. The van der Waals surface area contributed by atoms with Crippen molar-refractivity contribution >= 4 is 17.2 Å². The Labute approximate surface area is 162 Å². The van der Waals surface area contributed by atoms with Gasteiger partial charge >= 0.3 is 0 Å². The monoisotopic (exact) mass is 382 g/mol. The van der Waals surface area contributed by atoms with E-state index in [1.807, 2.05) is 37.3 Å². The van der Waals surface area contributed by atoms with Gasteiger partial charge in [0.2, 0.25) is 0 Å². The molecule has 1 N–H and O–H groups in total. The van der Waals surface area contributed by atoms with E-state index in [4.69, 9.17) is 4.42 Å². The first-order valence-corrected chi connectivity index (χ1v) is 9.98. The molecule has 4 heterocycles. The van der Waals surface area contributed by atoms with Crippen LogP contribution in [0.3, 0.4) is 0 Å². The number of thiazole rings is 1. The maximum atomic E-state index is 12.8. The Balaban J connectivity index is 1.48. The van der Waals surface area contributed by atoms with Crippen LogP contribution in [0.2, 0.25) is 0 Å². The molecule has 0 saturated carbocycles. The predicted molar refractivity (Wildman–Crippen MR) is 105 cm³/mol. The molecule has 0 bridgehead atoms. The van der Waals surface area contributed by atoms with Crippen molar-refractivity contribution < 1.29 is 9.21 Å². The van der Waals surface area contributed by atoms with Crippen LogP contribution in [0.25, 0.3) is 10.7 Å². The van der Waals surface area contributed by atoms with Gasteiger partial charge in [-0.25, -0.2) is 4.98 Å². The molecule has 3 aromatic rings. The summed E-state index contributed by atoms with van der Waals surface area (Å²) in [6.45, 7) is 4.44. The summed E-state index contributed by atoms with van der Waals surface area (Å²) >= 11 is 1.38. The Hall–Kier alpha value is -2.51. The molecule has 140 valence electrons. The van der Waals surface area contributed by atoms with Gasteiger partial charge in [0.25, 0.3) is 5.91 Å². The first-order valence-electron chi connectivity index (χ1n) is 9.17. The average molecular weight is 382 g/mol. The maximum absolute atomic E-state index is 12.8. The molecule has 1 aliphatic heterocycles. The molecule has 7 heteroatoms. The van der Waals surface area contributed by atoms with Gasteiger partial charge in [0, 0.05) is 12.7 Å². The number of nitrogens with one attached hydrogen (secondary N) is 1. The van der Waals surface area contributed by atoms with Crippen molar-refractivity contribution in [1.29, 1.82) is 0 Å². The predicted octanol–water partition coefficient (Wildman–Crippen LogP) is 3.67. The minimum atomic E-state index is -0.0945. The fourth-order valence-electron chi connectivity index (χ4n) is 3.42. The number of nitrogens with zero attached hydrogens (tertiary/aromatic N) is 3. The van der Waals surface area contributed by atoms with Crippen LogP contribution in [0.4, 0.5) is 0 Å². The Kier molecular flexibility index (Phi) is 5.31. The Morgan fingerprint density at radius 2 is 2.15 bits per heavy atom. The van der Waals surface area contributed by atoms with E-state index >= 15 is 0 Å². The molecule has 0 spiro atoms. The molecule has 0 aliphatic carbocycles. The number of aryl methyl sites for hydroxylation is 1. The Morgan fingerprint density at radius 1 is 1.30 bits per heavy atom. The average Bonchev–Trinajstić information content (AvgIpc) is 3.45. The zero-order valence-electron chi connectivity index (χ0n) is 15.2. The fraction of sp³-hybridized carbons (Fsp3) is 0.350. The number of likely N-dealkylation sites (tertiary alicyclic amines) is 1. The molecule has 1 fully saturated rings. The Morgan fingerprint density at radius 3 is 2.85 bits per heavy atom. The molecule has 0 radical (unpaired) electrons. The number of carbonyl (C=O) groups excluding carboxylic acids is 1. The number of carbonyl (C=O) groups is 1. The van der Waals surface area contributed by atoms with Gasteiger partial charge in [-0.15, -0.1) is 11.3 Å². The highest BCUT2D eigenvalue weighted by molar-refractivity contribution is 7.17. The van der Waals surface area contributed by atoms with Crippen molar-refractivity contribution in [3.05, 3.63) is 59.1 Å². The van der Waals surface area contributed by atoms with E-state index in [2.05, 4.69) is 20.2 Å². The topological polar surface area (TPSA) is 71.3 Å². The number of hydrogen-bond donors (Lipinski definition) is 1. The van der Waals surface area contributed by atoms with E-state index in [9.17, 15) is 4.79 Å². The number of rotatable bonds is 6. The second kappa shape index (κ2) is 8.02. The van der Waals surface area contributed by atoms with E-state index in [0.717, 1.165) is 35.2 Å². The van der Waals surface area contributed by atoms with Gasteiger partial charge in [0.1, 0.15) is 15.6 Å². The van der Waals surface area contributed by atoms with Crippen molar-refractivity contribution in [2.75, 3.05) is 19.6 Å². The Bertz CT molecular complexity index is 886. The molecule has 1 amide bonds.